The van der Waals surface area contributed by atoms with Crippen LogP contribution < -0.4 is 5.56 Å². The molecule has 1 N–H and O–H groups in total. The van der Waals surface area contributed by atoms with E-state index < -0.39 is 11.6 Å². The van der Waals surface area contributed by atoms with Gasteiger partial charge in [-0.1, -0.05) is 50.2 Å². The highest BCUT2D eigenvalue weighted by atomic mass is 19.1. The normalized spacial score (nSPS) is 12.1. The summed E-state index contributed by atoms with van der Waals surface area (Å²) in [7, 11) is 0. The second kappa shape index (κ2) is 8.38. The van der Waals surface area contributed by atoms with Crippen molar-refractivity contribution in [2.45, 2.75) is 46.1 Å². The Morgan fingerprint density at radius 2 is 1.86 bits per heavy atom. The quantitative estimate of drug-likeness (QED) is 0.667. The van der Waals surface area contributed by atoms with Gasteiger partial charge in [0.1, 0.15) is 5.82 Å². The van der Waals surface area contributed by atoms with Crippen LogP contribution in [0, 0.1) is 12.7 Å². The van der Waals surface area contributed by atoms with Crippen LogP contribution in [0.4, 0.5) is 4.39 Å². The number of nitrogens with zero attached hydrogens (tertiary/aromatic N) is 2. The second-order valence-electron chi connectivity index (χ2n) is 7.07. The molecule has 0 saturated heterocycles. The molecule has 0 aliphatic heterocycles. The van der Waals surface area contributed by atoms with Crippen LogP contribution in [0.25, 0.3) is 11.4 Å². The van der Waals surface area contributed by atoms with Gasteiger partial charge < -0.3 is 5.11 Å². The van der Waals surface area contributed by atoms with Gasteiger partial charge in [-0.3, -0.25) is 9.36 Å². The number of phenols is 1. The minimum atomic E-state index is -0.731. The number of hydrogen-bond acceptors (Lipinski definition) is 3. The lowest BCUT2D eigenvalue weighted by atomic mass is 9.98. The van der Waals surface area contributed by atoms with Gasteiger partial charge in [0.05, 0.1) is 5.56 Å². The average Bonchev–Trinajstić information content (AvgIpc) is 2.69. The summed E-state index contributed by atoms with van der Waals surface area (Å²) < 4.78 is 15.5. The zero-order valence-corrected chi connectivity index (χ0v) is 16.4. The van der Waals surface area contributed by atoms with Gasteiger partial charge >= 0.3 is 0 Å². The Morgan fingerprint density at radius 3 is 2.54 bits per heavy atom. The number of aryl methyl sites for hydroxylation is 2. The SMILES string of the molecule is CCC(C)c1c(C)nc(-c2cccc(F)c2O)n(CCc2ccccc2)c1=O. The predicted octanol–water partition coefficient (Wildman–Crippen LogP) is 4.82. The van der Waals surface area contributed by atoms with Crippen molar-refractivity contribution in [1.82, 2.24) is 9.55 Å². The molecule has 3 aromatic rings. The molecule has 0 aliphatic carbocycles. The van der Waals surface area contributed by atoms with Crippen LogP contribution in [0.5, 0.6) is 5.75 Å². The van der Waals surface area contributed by atoms with Gasteiger partial charge in [0.25, 0.3) is 5.56 Å². The van der Waals surface area contributed by atoms with Gasteiger partial charge in [-0.25, -0.2) is 9.37 Å². The van der Waals surface area contributed by atoms with Crippen LogP contribution >= 0.6 is 0 Å². The molecule has 5 heteroatoms. The van der Waals surface area contributed by atoms with Crippen LogP contribution in [0.2, 0.25) is 0 Å². The summed E-state index contributed by atoms with van der Waals surface area (Å²) in [5.74, 6) is -0.857. The van der Waals surface area contributed by atoms with Crippen molar-refractivity contribution >= 4 is 0 Å². The number of hydrogen-bond donors (Lipinski definition) is 1. The van der Waals surface area contributed by atoms with Gasteiger partial charge in [-0.2, -0.15) is 0 Å². The first-order valence-electron chi connectivity index (χ1n) is 9.57. The molecule has 146 valence electrons. The Bertz CT molecular complexity index is 1030. The third-order valence-electron chi connectivity index (χ3n) is 5.19. The standard InChI is InChI=1S/C23H25FN2O2/c1-4-15(2)20-16(3)25-22(18-11-8-12-19(24)21(18)27)26(23(20)28)14-13-17-9-6-5-7-10-17/h5-12,15,27H,4,13-14H2,1-3H3. The van der Waals surface area contributed by atoms with Crippen LogP contribution in [0.15, 0.2) is 53.3 Å². The van der Waals surface area contributed by atoms with Crippen molar-refractivity contribution in [2.75, 3.05) is 0 Å². The van der Waals surface area contributed by atoms with E-state index >= 15 is 0 Å². The first kappa shape index (κ1) is 19.8. The van der Waals surface area contributed by atoms with Crippen LogP contribution in [0.1, 0.15) is 43.0 Å². The van der Waals surface area contributed by atoms with Gasteiger partial charge in [0.15, 0.2) is 11.6 Å². The summed E-state index contributed by atoms with van der Waals surface area (Å²) >= 11 is 0. The van der Waals surface area contributed by atoms with E-state index in [1.54, 1.807) is 17.6 Å². The molecule has 28 heavy (non-hydrogen) atoms. The lowest BCUT2D eigenvalue weighted by Crippen LogP contribution is -2.30. The van der Waals surface area contributed by atoms with Gasteiger partial charge in [-0.15, -0.1) is 0 Å². The summed E-state index contributed by atoms with van der Waals surface area (Å²) in [6, 6.07) is 14.1. The molecular formula is C23H25FN2O2. The largest absolute Gasteiger partial charge is 0.504 e. The Balaban J connectivity index is 2.17. The number of benzene rings is 2. The maximum absolute atomic E-state index is 13.9. The number of aromatic hydroxyl groups is 1. The lowest BCUT2D eigenvalue weighted by Gasteiger charge is -2.19. The minimum absolute atomic E-state index is 0.0677. The molecule has 0 spiro atoms. The first-order chi connectivity index (χ1) is 13.4. The summed E-state index contributed by atoms with van der Waals surface area (Å²) in [5.41, 5.74) is 2.49. The van der Waals surface area contributed by atoms with Crippen LogP contribution in [-0.4, -0.2) is 14.7 Å². The molecule has 0 radical (unpaired) electrons. The van der Waals surface area contributed by atoms with Gasteiger partial charge in [0, 0.05) is 17.8 Å². The van der Waals surface area contributed by atoms with E-state index in [2.05, 4.69) is 4.98 Å². The van der Waals surface area contributed by atoms with Crippen LogP contribution in [-0.2, 0) is 13.0 Å². The Hall–Kier alpha value is -2.95. The number of phenolic OH excluding ortho intramolecular Hbond substituents is 1. The van der Waals surface area contributed by atoms with E-state index in [1.165, 1.54) is 12.1 Å². The number of aromatic nitrogens is 2. The third kappa shape index (κ3) is 3.84. The molecule has 3 rings (SSSR count). The molecule has 0 amide bonds. The number of para-hydroxylation sites is 1. The molecule has 1 heterocycles. The summed E-state index contributed by atoms with van der Waals surface area (Å²) in [5, 5.41) is 10.2. The molecule has 1 atom stereocenters. The van der Waals surface area contributed by atoms with Crippen molar-refractivity contribution in [1.29, 1.82) is 0 Å². The summed E-state index contributed by atoms with van der Waals surface area (Å²) in [4.78, 5) is 18.0. The van der Waals surface area contributed by atoms with E-state index in [9.17, 15) is 14.3 Å². The highest BCUT2D eigenvalue weighted by Gasteiger charge is 2.21. The van der Waals surface area contributed by atoms with E-state index in [0.717, 1.165) is 12.0 Å². The molecule has 0 saturated carbocycles. The summed E-state index contributed by atoms with van der Waals surface area (Å²) in [6.07, 6.45) is 1.45. The molecule has 0 fully saturated rings. The van der Waals surface area contributed by atoms with E-state index in [0.29, 0.717) is 30.0 Å². The van der Waals surface area contributed by atoms with Crippen LogP contribution in [0.3, 0.4) is 0 Å². The van der Waals surface area contributed by atoms with E-state index in [4.69, 9.17) is 0 Å². The Morgan fingerprint density at radius 1 is 1.14 bits per heavy atom. The monoisotopic (exact) mass is 380 g/mol. The number of halogens is 1. The van der Waals surface area contributed by atoms with Crippen molar-refractivity contribution in [3.8, 4) is 17.1 Å². The van der Waals surface area contributed by atoms with E-state index in [-0.39, 0.29) is 17.0 Å². The first-order valence-corrected chi connectivity index (χ1v) is 9.57. The Labute approximate surface area is 164 Å². The van der Waals surface area contributed by atoms with Crippen molar-refractivity contribution in [3.63, 3.8) is 0 Å². The van der Waals surface area contributed by atoms with Crippen molar-refractivity contribution < 1.29 is 9.50 Å². The average molecular weight is 380 g/mol. The van der Waals surface area contributed by atoms with Gasteiger partial charge in [-0.05, 0) is 43.4 Å². The third-order valence-corrected chi connectivity index (χ3v) is 5.19. The molecule has 1 aromatic heterocycles. The predicted molar refractivity (Wildman–Crippen MR) is 109 cm³/mol. The van der Waals surface area contributed by atoms with Gasteiger partial charge in [0.2, 0.25) is 0 Å². The zero-order chi connectivity index (χ0) is 20.3. The topological polar surface area (TPSA) is 55.1 Å². The van der Waals surface area contributed by atoms with Crippen molar-refractivity contribution in [2.24, 2.45) is 0 Å². The smallest absolute Gasteiger partial charge is 0.257 e. The molecule has 2 aromatic carbocycles. The molecule has 0 aliphatic rings. The Kier molecular flexibility index (Phi) is 5.93. The number of rotatable bonds is 6. The fourth-order valence-electron chi connectivity index (χ4n) is 3.44. The maximum atomic E-state index is 13.9. The molecule has 0 bridgehead atoms. The second-order valence-corrected chi connectivity index (χ2v) is 7.07. The van der Waals surface area contributed by atoms with Crippen molar-refractivity contribution in [3.05, 3.63) is 81.5 Å². The van der Waals surface area contributed by atoms with E-state index in [1.807, 2.05) is 44.2 Å². The zero-order valence-electron chi connectivity index (χ0n) is 16.4. The summed E-state index contributed by atoms with van der Waals surface area (Å²) in [6.45, 7) is 6.23. The molecule has 1 unspecified atom stereocenters. The fourth-order valence-corrected chi connectivity index (χ4v) is 3.44. The molecule has 4 nitrogen and oxygen atoms in total. The maximum Gasteiger partial charge on any atom is 0.257 e. The fraction of sp³-hybridized carbons (Fsp3) is 0.304. The lowest BCUT2D eigenvalue weighted by molar-refractivity contribution is 0.433. The highest BCUT2D eigenvalue weighted by Crippen LogP contribution is 2.31. The minimum Gasteiger partial charge on any atom is -0.504 e. The highest BCUT2D eigenvalue weighted by molar-refractivity contribution is 5.64. The molecular weight excluding hydrogens is 355 g/mol.